The van der Waals surface area contributed by atoms with E-state index in [9.17, 15) is 14.4 Å². The predicted octanol–water partition coefficient (Wildman–Crippen LogP) is 2.82. The second kappa shape index (κ2) is 9.52. The zero-order chi connectivity index (χ0) is 23.4. The second-order valence-electron chi connectivity index (χ2n) is 8.95. The van der Waals surface area contributed by atoms with E-state index in [2.05, 4.69) is 15.6 Å². The second-order valence-corrected chi connectivity index (χ2v) is 9.81. The van der Waals surface area contributed by atoms with Crippen molar-refractivity contribution in [2.45, 2.75) is 89.3 Å². The standard InChI is InChI=1S/C19H27N3O6S.C2H6/c1-17(2,3)28-16(27)22-19-6-4-18(10-19,5-7-19)15-21-12(9-29-15)13(24)20-11(8-23)14(25)26;1-2/h9,11,23H,4-8,10H2,1-3H3,(H,20,24)(H,22,27)(H,25,26);1-2H3. The maximum atomic E-state index is 12.3. The van der Waals surface area contributed by atoms with Crippen molar-refractivity contribution >= 4 is 29.3 Å². The Bertz CT molecular complexity index is 808. The molecule has 1 aromatic heterocycles. The Morgan fingerprint density at radius 1 is 1.23 bits per heavy atom. The average molecular weight is 456 g/mol. The van der Waals surface area contributed by atoms with Gasteiger partial charge in [0.15, 0.2) is 6.04 Å². The highest BCUT2D eigenvalue weighted by molar-refractivity contribution is 7.10. The number of ether oxygens (including phenoxy) is 1. The Morgan fingerprint density at radius 2 is 1.84 bits per heavy atom. The van der Waals surface area contributed by atoms with Gasteiger partial charge in [-0.25, -0.2) is 14.6 Å². The number of hydrogen-bond donors (Lipinski definition) is 4. The first-order valence-corrected chi connectivity index (χ1v) is 11.5. The number of thiazole rings is 1. The van der Waals surface area contributed by atoms with Crippen molar-refractivity contribution in [1.82, 2.24) is 15.6 Å². The molecule has 0 saturated heterocycles. The van der Waals surface area contributed by atoms with Crippen LogP contribution >= 0.6 is 11.3 Å². The molecule has 0 spiro atoms. The first-order chi connectivity index (χ1) is 14.5. The molecule has 2 bridgehead atoms. The Morgan fingerprint density at radius 3 is 2.35 bits per heavy atom. The molecule has 31 heavy (non-hydrogen) atoms. The molecule has 10 heteroatoms. The van der Waals surface area contributed by atoms with Crippen LogP contribution in [0.4, 0.5) is 4.79 Å². The number of fused-ring (bicyclic) bond motifs is 2. The first kappa shape index (κ1) is 25.1. The van der Waals surface area contributed by atoms with Crippen molar-refractivity contribution in [1.29, 1.82) is 0 Å². The highest BCUT2D eigenvalue weighted by atomic mass is 32.1. The van der Waals surface area contributed by atoms with E-state index in [1.807, 2.05) is 34.6 Å². The van der Waals surface area contributed by atoms with Crippen molar-refractivity contribution in [2.75, 3.05) is 6.61 Å². The van der Waals surface area contributed by atoms with Gasteiger partial charge in [0.1, 0.15) is 11.3 Å². The van der Waals surface area contributed by atoms with Gasteiger partial charge in [-0.05, 0) is 52.9 Å². The normalized spacial score (nSPS) is 25.2. The molecule has 1 atom stereocenters. The number of alkyl carbamates (subject to hydrolysis) is 1. The monoisotopic (exact) mass is 455 g/mol. The molecule has 0 aliphatic heterocycles. The van der Waals surface area contributed by atoms with E-state index >= 15 is 0 Å². The van der Waals surface area contributed by atoms with Gasteiger partial charge in [0, 0.05) is 16.3 Å². The van der Waals surface area contributed by atoms with Gasteiger partial charge in [0.2, 0.25) is 0 Å². The lowest BCUT2D eigenvalue weighted by molar-refractivity contribution is -0.140. The highest BCUT2D eigenvalue weighted by Crippen LogP contribution is 2.58. The minimum absolute atomic E-state index is 0.142. The summed E-state index contributed by atoms with van der Waals surface area (Å²) in [5.41, 5.74) is -0.929. The number of aliphatic hydroxyl groups excluding tert-OH is 1. The zero-order valence-electron chi connectivity index (χ0n) is 18.8. The van der Waals surface area contributed by atoms with E-state index in [-0.39, 0.29) is 16.6 Å². The molecule has 2 fully saturated rings. The van der Waals surface area contributed by atoms with E-state index in [4.69, 9.17) is 14.9 Å². The van der Waals surface area contributed by atoms with Gasteiger partial charge in [0.25, 0.3) is 5.91 Å². The van der Waals surface area contributed by atoms with Crippen LogP contribution in [-0.2, 0) is 14.9 Å². The zero-order valence-corrected chi connectivity index (χ0v) is 19.6. The smallest absolute Gasteiger partial charge is 0.408 e. The maximum Gasteiger partial charge on any atom is 0.408 e. The lowest BCUT2D eigenvalue weighted by Gasteiger charge is -2.29. The third-order valence-electron chi connectivity index (χ3n) is 5.58. The molecule has 174 valence electrons. The number of carboxylic acids is 1. The van der Waals surface area contributed by atoms with Crippen LogP contribution in [0.15, 0.2) is 5.38 Å². The van der Waals surface area contributed by atoms with Crippen molar-refractivity contribution in [3.63, 3.8) is 0 Å². The van der Waals surface area contributed by atoms with Crippen LogP contribution in [-0.4, -0.2) is 57.0 Å². The summed E-state index contributed by atoms with van der Waals surface area (Å²) in [5, 5.41) is 25.8. The Kier molecular flexibility index (Phi) is 7.70. The molecule has 0 aromatic carbocycles. The van der Waals surface area contributed by atoms with Crippen LogP contribution in [0.2, 0.25) is 0 Å². The third kappa shape index (κ3) is 5.74. The molecule has 2 amide bonds. The number of carboxylic acid groups (broad SMARTS) is 1. The van der Waals surface area contributed by atoms with Crippen molar-refractivity contribution < 1.29 is 29.3 Å². The molecular weight excluding hydrogens is 422 g/mol. The van der Waals surface area contributed by atoms with E-state index in [0.29, 0.717) is 0 Å². The number of rotatable bonds is 6. The van der Waals surface area contributed by atoms with Crippen LogP contribution in [0.25, 0.3) is 0 Å². The Balaban J connectivity index is 0.00000166. The molecule has 3 rings (SSSR count). The van der Waals surface area contributed by atoms with Crippen LogP contribution in [0.1, 0.15) is 82.2 Å². The average Bonchev–Trinajstić information content (AvgIpc) is 3.39. The van der Waals surface area contributed by atoms with E-state index < -0.39 is 36.2 Å². The van der Waals surface area contributed by atoms with Crippen LogP contribution in [0, 0.1) is 0 Å². The number of amides is 2. The van der Waals surface area contributed by atoms with Crippen molar-refractivity contribution in [2.24, 2.45) is 0 Å². The third-order valence-corrected chi connectivity index (χ3v) is 6.67. The number of nitrogens with one attached hydrogen (secondary N) is 2. The number of nitrogens with zero attached hydrogens (tertiary/aromatic N) is 1. The minimum Gasteiger partial charge on any atom is -0.480 e. The summed E-state index contributed by atoms with van der Waals surface area (Å²) in [6.45, 7) is 8.78. The van der Waals surface area contributed by atoms with E-state index in [0.717, 1.165) is 37.1 Å². The van der Waals surface area contributed by atoms with Crippen molar-refractivity contribution in [3.05, 3.63) is 16.1 Å². The van der Waals surface area contributed by atoms with Gasteiger partial charge in [-0.2, -0.15) is 0 Å². The fourth-order valence-corrected chi connectivity index (χ4v) is 5.29. The first-order valence-electron chi connectivity index (χ1n) is 10.6. The summed E-state index contributed by atoms with van der Waals surface area (Å²) < 4.78 is 5.40. The summed E-state index contributed by atoms with van der Waals surface area (Å²) >= 11 is 1.37. The van der Waals surface area contributed by atoms with Crippen LogP contribution < -0.4 is 10.6 Å². The largest absolute Gasteiger partial charge is 0.480 e. The summed E-state index contributed by atoms with van der Waals surface area (Å²) in [6, 6.07) is -1.37. The topological polar surface area (TPSA) is 138 Å². The molecule has 2 aliphatic rings. The number of aliphatic hydroxyl groups is 1. The van der Waals surface area contributed by atoms with Gasteiger partial charge in [-0.15, -0.1) is 11.3 Å². The summed E-state index contributed by atoms with van der Waals surface area (Å²) in [6.07, 6.45) is 3.66. The molecule has 2 aliphatic carbocycles. The number of aromatic nitrogens is 1. The number of hydrogen-bond acceptors (Lipinski definition) is 7. The van der Waals surface area contributed by atoms with Crippen LogP contribution in [0.3, 0.4) is 0 Å². The summed E-state index contributed by atoms with van der Waals surface area (Å²) in [7, 11) is 0. The van der Waals surface area contributed by atoms with E-state index in [1.54, 1.807) is 5.38 Å². The number of carbonyl (C=O) groups is 3. The van der Waals surface area contributed by atoms with Gasteiger partial charge in [0.05, 0.1) is 11.6 Å². The van der Waals surface area contributed by atoms with Gasteiger partial charge < -0.3 is 25.6 Å². The van der Waals surface area contributed by atoms with Gasteiger partial charge in [-0.1, -0.05) is 13.8 Å². The SMILES string of the molecule is CC.CC(C)(C)OC(=O)NC12CCC(c3nc(C(=O)NC(CO)C(=O)O)cs3)(CC1)C2. The van der Waals surface area contributed by atoms with Gasteiger partial charge in [-0.3, -0.25) is 4.79 Å². The van der Waals surface area contributed by atoms with Crippen molar-refractivity contribution in [3.8, 4) is 0 Å². The summed E-state index contributed by atoms with van der Waals surface area (Å²) in [5.74, 6) is -1.93. The fourth-order valence-electron chi connectivity index (χ4n) is 4.23. The number of aliphatic carboxylic acids is 1. The molecular formula is C21H33N3O6S. The highest BCUT2D eigenvalue weighted by Gasteiger charge is 2.57. The molecule has 9 nitrogen and oxygen atoms in total. The van der Waals surface area contributed by atoms with Crippen LogP contribution in [0.5, 0.6) is 0 Å². The van der Waals surface area contributed by atoms with Gasteiger partial charge >= 0.3 is 12.1 Å². The quantitative estimate of drug-likeness (QED) is 0.517. The molecule has 2 saturated carbocycles. The molecule has 1 unspecified atom stereocenters. The van der Waals surface area contributed by atoms with E-state index in [1.165, 1.54) is 11.3 Å². The molecule has 1 heterocycles. The fraction of sp³-hybridized carbons (Fsp3) is 0.714. The lowest BCUT2D eigenvalue weighted by atomic mass is 9.84. The maximum absolute atomic E-state index is 12.3. The summed E-state index contributed by atoms with van der Waals surface area (Å²) in [4.78, 5) is 40.0. The predicted molar refractivity (Wildman–Crippen MR) is 116 cm³/mol. The lowest BCUT2D eigenvalue weighted by Crippen LogP contribution is -2.47. The molecule has 1 aromatic rings. The Hall–Kier alpha value is -2.20. The minimum atomic E-state index is -1.37. The number of carbonyl (C=O) groups excluding carboxylic acids is 2. The molecule has 4 N–H and O–H groups in total. The Labute approximate surface area is 186 Å². The molecule has 0 radical (unpaired) electrons.